The smallest absolute Gasteiger partial charge is 0.0751 e. The minimum Gasteiger partial charge on any atom is -0.325 e. The summed E-state index contributed by atoms with van der Waals surface area (Å²) in [6.45, 7) is 4.31. The van der Waals surface area contributed by atoms with Crippen molar-refractivity contribution in [3.8, 4) is 0 Å². The van der Waals surface area contributed by atoms with Crippen molar-refractivity contribution in [3.05, 3.63) is 23.3 Å². The Balaban J connectivity index is 3.07. The van der Waals surface area contributed by atoms with E-state index in [0.29, 0.717) is 6.54 Å². The third kappa shape index (κ3) is 1.30. The van der Waals surface area contributed by atoms with Crippen molar-refractivity contribution < 1.29 is 0 Å². The number of nitrogens with two attached hydrogens (primary N) is 1. The van der Waals surface area contributed by atoms with E-state index in [9.17, 15) is 0 Å². The van der Waals surface area contributed by atoms with Crippen LogP contribution in [0.15, 0.2) is 6.20 Å². The van der Waals surface area contributed by atoms with Gasteiger partial charge in [-0.3, -0.25) is 9.97 Å². The molecule has 10 heavy (non-hydrogen) atoms. The molecule has 0 amide bonds. The molecule has 0 fully saturated rings. The van der Waals surface area contributed by atoms with Crippen molar-refractivity contribution in [1.29, 1.82) is 0 Å². The fourth-order valence-electron chi connectivity index (χ4n) is 0.823. The fraction of sp³-hybridized carbons (Fsp3) is 0.429. The zero-order valence-electron chi connectivity index (χ0n) is 6.26. The maximum absolute atomic E-state index is 5.40. The van der Waals surface area contributed by atoms with E-state index >= 15 is 0 Å². The summed E-state index contributed by atoms with van der Waals surface area (Å²) in [5.74, 6) is 0. The number of aryl methyl sites for hydroxylation is 2. The highest BCUT2D eigenvalue weighted by Gasteiger charge is 1.96. The Bertz CT molecular complexity index is 232. The van der Waals surface area contributed by atoms with Crippen molar-refractivity contribution in [2.24, 2.45) is 5.73 Å². The van der Waals surface area contributed by atoms with Crippen LogP contribution in [0.1, 0.15) is 17.1 Å². The molecule has 0 radical (unpaired) electrons. The summed E-state index contributed by atoms with van der Waals surface area (Å²) in [7, 11) is 0. The second-order valence-corrected chi connectivity index (χ2v) is 2.25. The lowest BCUT2D eigenvalue weighted by atomic mass is 10.3. The molecule has 0 saturated heterocycles. The van der Waals surface area contributed by atoms with E-state index in [-0.39, 0.29) is 0 Å². The molecule has 1 heterocycles. The van der Waals surface area contributed by atoms with Gasteiger partial charge >= 0.3 is 0 Å². The maximum atomic E-state index is 5.40. The maximum Gasteiger partial charge on any atom is 0.0751 e. The van der Waals surface area contributed by atoms with Crippen molar-refractivity contribution in [2.45, 2.75) is 20.4 Å². The zero-order valence-corrected chi connectivity index (χ0v) is 6.26. The summed E-state index contributed by atoms with van der Waals surface area (Å²) in [6.07, 6.45) is 1.73. The first-order chi connectivity index (χ1) is 4.74. The van der Waals surface area contributed by atoms with Crippen molar-refractivity contribution in [2.75, 3.05) is 0 Å². The third-order valence-corrected chi connectivity index (χ3v) is 1.36. The SMILES string of the molecule is Cc1cnc(CN)c(C)n1. The molecule has 0 aromatic carbocycles. The van der Waals surface area contributed by atoms with Crippen LogP contribution in [0.5, 0.6) is 0 Å². The predicted molar refractivity (Wildman–Crippen MR) is 39.4 cm³/mol. The number of nitrogens with zero attached hydrogens (tertiary/aromatic N) is 2. The molecule has 0 aliphatic rings. The Morgan fingerprint density at radius 1 is 1.50 bits per heavy atom. The van der Waals surface area contributed by atoms with Gasteiger partial charge in [0.15, 0.2) is 0 Å². The van der Waals surface area contributed by atoms with E-state index in [1.165, 1.54) is 0 Å². The molecule has 54 valence electrons. The third-order valence-electron chi connectivity index (χ3n) is 1.36. The molecule has 1 aromatic rings. The summed E-state index contributed by atoms with van der Waals surface area (Å²) in [4.78, 5) is 8.31. The van der Waals surface area contributed by atoms with Gasteiger partial charge < -0.3 is 5.73 Å². The van der Waals surface area contributed by atoms with Crippen molar-refractivity contribution in [3.63, 3.8) is 0 Å². The van der Waals surface area contributed by atoms with E-state index < -0.39 is 0 Å². The highest BCUT2D eigenvalue weighted by Crippen LogP contribution is 1.99. The Morgan fingerprint density at radius 3 is 2.70 bits per heavy atom. The molecule has 0 bridgehead atoms. The topological polar surface area (TPSA) is 51.8 Å². The van der Waals surface area contributed by atoms with E-state index in [0.717, 1.165) is 17.1 Å². The average molecular weight is 137 g/mol. The molecule has 0 aliphatic heterocycles. The number of hydrogen-bond donors (Lipinski definition) is 1. The molecule has 0 unspecified atom stereocenters. The lowest BCUT2D eigenvalue weighted by Crippen LogP contribution is -2.04. The molecule has 3 nitrogen and oxygen atoms in total. The van der Waals surface area contributed by atoms with E-state index in [1.54, 1.807) is 6.20 Å². The molecule has 1 aromatic heterocycles. The Kier molecular flexibility index (Phi) is 1.97. The standard InChI is InChI=1S/C7H11N3/c1-5-4-9-7(3-8)6(2)10-5/h4H,3,8H2,1-2H3. The zero-order chi connectivity index (χ0) is 7.56. The van der Waals surface area contributed by atoms with Gasteiger partial charge in [-0.15, -0.1) is 0 Å². The summed E-state index contributed by atoms with van der Waals surface area (Å²) in [5.41, 5.74) is 8.15. The van der Waals surface area contributed by atoms with Crippen LogP contribution in [0, 0.1) is 13.8 Å². The number of hydrogen-bond acceptors (Lipinski definition) is 3. The first-order valence-electron chi connectivity index (χ1n) is 3.23. The van der Waals surface area contributed by atoms with E-state index in [1.807, 2.05) is 13.8 Å². The van der Waals surface area contributed by atoms with Gasteiger partial charge in [0.25, 0.3) is 0 Å². The highest BCUT2D eigenvalue weighted by atomic mass is 14.8. The van der Waals surface area contributed by atoms with Gasteiger partial charge in [0.1, 0.15) is 0 Å². The lowest BCUT2D eigenvalue weighted by molar-refractivity contribution is 0.911. The first-order valence-corrected chi connectivity index (χ1v) is 3.23. The summed E-state index contributed by atoms with van der Waals surface area (Å²) in [6, 6.07) is 0. The van der Waals surface area contributed by atoms with Crippen LogP contribution in [0.25, 0.3) is 0 Å². The summed E-state index contributed by atoms with van der Waals surface area (Å²) < 4.78 is 0. The van der Waals surface area contributed by atoms with Crippen LogP contribution in [0.4, 0.5) is 0 Å². The van der Waals surface area contributed by atoms with Gasteiger partial charge in [-0.1, -0.05) is 0 Å². The van der Waals surface area contributed by atoms with Gasteiger partial charge in [0, 0.05) is 12.7 Å². The second-order valence-electron chi connectivity index (χ2n) is 2.25. The molecule has 2 N–H and O–H groups in total. The van der Waals surface area contributed by atoms with E-state index in [4.69, 9.17) is 5.73 Å². The molecule has 3 heteroatoms. The van der Waals surface area contributed by atoms with Crippen molar-refractivity contribution in [1.82, 2.24) is 9.97 Å². The predicted octanol–water partition coefficient (Wildman–Crippen LogP) is 0.552. The minimum atomic E-state index is 0.471. The fourth-order valence-corrected chi connectivity index (χ4v) is 0.823. The normalized spacial score (nSPS) is 9.90. The van der Waals surface area contributed by atoms with Crippen LogP contribution in [0.2, 0.25) is 0 Å². The van der Waals surface area contributed by atoms with Crippen LogP contribution in [-0.2, 0) is 6.54 Å². The van der Waals surface area contributed by atoms with Crippen LogP contribution in [-0.4, -0.2) is 9.97 Å². The number of rotatable bonds is 1. The Labute approximate surface area is 60.3 Å². The quantitative estimate of drug-likeness (QED) is 0.615. The summed E-state index contributed by atoms with van der Waals surface area (Å²) in [5, 5.41) is 0. The van der Waals surface area contributed by atoms with Crippen LogP contribution in [0.3, 0.4) is 0 Å². The molecule has 0 saturated carbocycles. The largest absolute Gasteiger partial charge is 0.325 e. The molecular formula is C7H11N3. The molecule has 0 aliphatic carbocycles. The molecule has 0 atom stereocenters. The summed E-state index contributed by atoms with van der Waals surface area (Å²) >= 11 is 0. The average Bonchev–Trinajstić information content (AvgIpc) is 1.88. The van der Waals surface area contributed by atoms with Gasteiger partial charge in [-0.2, -0.15) is 0 Å². The Hall–Kier alpha value is -0.960. The van der Waals surface area contributed by atoms with Gasteiger partial charge in [0.05, 0.1) is 17.1 Å². The Morgan fingerprint density at radius 2 is 2.20 bits per heavy atom. The molecule has 1 rings (SSSR count). The van der Waals surface area contributed by atoms with Crippen molar-refractivity contribution >= 4 is 0 Å². The molecule has 0 spiro atoms. The number of aromatic nitrogens is 2. The second kappa shape index (κ2) is 2.75. The van der Waals surface area contributed by atoms with Crippen LogP contribution < -0.4 is 5.73 Å². The van der Waals surface area contributed by atoms with Gasteiger partial charge in [-0.25, -0.2) is 0 Å². The molecular weight excluding hydrogens is 126 g/mol. The minimum absolute atomic E-state index is 0.471. The van der Waals surface area contributed by atoms with Gasteiger partial charge in [-0.05, 0) is 13.8 Å². The monoisotopic (exact) mass is 137 g/mol. The first kappa shape index (κ1) is 7.15. The lowest BCUT2D eigenvalue weighted by Gasteiger charge is -1.99. The van der Waals surface area contributed by atoms with E-state index in [2.05, 4.69) is 9.97 Å². The van der Waals surface area contributed by atoms with Gasteiger partial charge in [0.2, 0.25) is 0 Å². The highest BCUT2D eigenvalue weighted by molar-refractivity contribution is 5.10. The van der Waals surface area contributed by atoms with Crippen LogP contribution >= 0.6 is 0 Å².